The molecule has 0 amide bonds. The van der Waals surface area contributed by atoms with E-state index in [2.05, 4.69) is 6.58 Å². The van der Waals surface area contributed by atoms with Crippen LogP contribution in [0.1, 0.15) is 6.92 Å². The van der Waals surface area contributed by atoms with E-state index >= 15 is 0 Å². The molecular weight excluding hydrogens is 188 g/mol. The maximum absolute atomic E-state index is 11.0. The maximum atomic E-state index is 11.0. The Morgan fingerprint density at radius 1 is 1.40 bits per heavy atom. The van der Waals surface area contributed by atoms with Gasteiger partial charge in [-0.15, -0.1) is 0 Å². The van der Waals surface area contributed by atoms with Crippen LogP contribution in [0.4, 0.5) is 5.69 Å². The number of hydrogen-bond donors (Lipinski definition) is 0. The predicted molar refractivity (Wildman–Crippen MR) is 60.8 cm³/mol. The van der Waals surface area contributed by atoms with Gasteiger partial charge >= 0.3 is 0 Å². The van der Waals surface area contributed by atoms with Gasteiger partial charge in [-0.1, -0.05) is 6.58 Å². The summed E-state index contributed by atoms with van der Waals surface area (Å²) in [5, 5.41) is 0. The molecule has 3 heteroatoms. The van der Waals surface area contributed by atoms with Crippen molar-refractivity contribution in [2.75, 3.05) is 19.0 Å². The van der Waals surface area contributed by atoms with Crippen molar-refractivity contribution < 1.29 is 9.36 Å². The zero-order valence-electron chi connectivity index (χ0n) is 9.53. The van der Waals surface area contributed by atoms with Crippen LogP contribution in [-0.4, -0.2) is 19.9 Å². The Balaban J connectivity index is 2.73. The quantitative estimate of drug-likeness (QED) is 0.544. The van der Waals surface area contributed by atoms with Crippen LogP contribution in [0, 0.1) is 0 Å². The standard InChI is InChI=1S/C12H17N2O/c1-10(11(2)15)9-14-7-5-12(6-8-14)13(3)4/h5-8H,1,9H2,2-4H3/q+1. The number of carbonyl (C=O) groups is 1. The van der Waals surface area contributed by atoms with E-state index in [4.69, 9.17) is 0 Å². The first kappa shape index (κ1) is 11.4. The monoisotopic (exact) mass is 205 g/mol. The molecule has 1 heterocycles. The molecule has 0 bridgehead atoms. The van der Waals surface area contributed by atoms with Crippen molar-refractivity contribution >= 4 is 11.5 Å². The van der Waals surface area contributed by atoms with Gasteiger partial charge in [-0.05, 0) is 6.92 Å². The number of hydrogen-bond acceptors (Lipinski definition) is 2. The normalized spacial score (nSPS) is 9.80. The van der Waals surface area contributed by atoms with Crippen molar-refractivity contribution in [3.8, 4) is 0 Å². The smallest absolute Gasteiger partial charge is 0.176 e. The molecule has 0 saturated heterocycles. The van der Waals surface area contributed by atoms with Crippen LogP contribution >= 0.6 is 0 Å². The predicted octanol–water partition coefficient (Wildman–Crippen LogP) is 1.19. The number of carbonyl (C=O) groups excluding carboxylic acids is 1. The summed E-state index contributed by atoms with van der Waals surface area (Å²) in [6.07, 6.45) is 3.90. The number of Topliss-reactive ketones (excluding diaryl/α,β-unsaturated/α-hetero) is 1. The molecule has 0 aromatic carbocycles. The molecule has 1 rings (SSSR count). The van der Waals surface area contributed by atoms with Crippen molar-refractivity contribution in [2.45, 2.75) is 13.5 Å². The maximum Gasteiger partial charge on any atom is 0.176 e. The molecule has 3 nitrogen and oxygen atoms in total. The highest BCUT2D eigenvalue weighted by Crippen LogP contribution is 2.06. The Morgan fingerprint density at radius 2 is 1.93 bits per heavy atom. The first-order chi connectivity index (χ1) is 7.00. The van der Waals surface area contributed by atoms with E-state index in [9.17, 15) is 4.79 Å². The van der Waals surface area contributed by atoms with Gasteiger partial charge < -0.3 is 4.90 Å². The van der Waals surface area contributed by atoms with Crippen LogP contribution in [-0.2, 0) is 11.3 Å². The molecule has 0 atom stereocenters. The lowest BCUT2D eigenvalue weighted by Crippen LogP contribution is -2.34. The van der Waals surface area contributed by atoms with Crippen molar-refractivity contribution in [1.29, 1.82) is 0 Å². The summed E-state index contributed by atoms with van der Waals surface area (Å²) in [7, 11) is 3.99. The molecule has 0 aliphatic heterocycles. The van der Waals surface area contributed by atoms with Gasteiger partial charge in [0.15, 0.2) is 24.7 Å². The molecule has 0 saturated carbocycles. The van der Waals surface area contributed by atoms with E-state index in [-0.39, 0.29) is 5.78 Å². The van der Waals surface area contributed by atoms with E-state index < -0.39 is 0 Å². The first-order valence-electron chi connectivity index (χ1n) is 4.86. The average Bonchev–Trinajstić information content (AvgIpc) is 2.18. The fourth-order valence-electron chi connectivity index (χ4n) is 1.18. The molecule has 80 valence electrons. The van der Waals surface area contributed by atoms with Crippen LogP contribution in [0.25, 0.3) is 0 Å². The third kappa shape index (κ3) is 3.20. The number of aromatic nitrogens is 1. The minimum absolute atomic E-state index is 0.0409. The van der Waals surface area contributed by atoms with E-state index in [1.54, 1.807) is 0 Å². The second kappa shape index (κ2) is 4.73. The number of pyridine rings is 1. The molecule has 0 fully saturated rings. The molecule has 0 radical (unpaired) electrons. The van der Waals surface area contributed by atoms with Crippen molar-refractivity contribution in [3.63, 3.8) is 0 Å². The highest BCUT2D eigenvalue weighted by atomic mass is 16.1. The minimum atomic E-state index is 0.0409. The fourth-order valence-corrected chi connectivity index (χ4v) is 1.18. The minimum Gasteiger partial charge on any atom is -0.377 e. The molecule has 1 aromatic rings. The van der Waals surface area contributed by atoms with Crippen LogP contribution in [0.15, 0.2) is 36.7 Å². The third-order valence-electron chi connectivity index (χ3n) is 2.26. The zero-order chi connectivity index (χ0) is 11.4. The molecule has 0 spiro atoms. The van der Waals surface area contributed by atoms with Crippen molar-refractivity contribution in [3.05, 3.63) is 36.7 Å². The number of allylic oxidation sites excluding steroid dienone is 1. The van der Waals surface area contributed by atoms with Gasteiger partial charge in [-0.3, -0.25) is 4.79 Å². The summed E-state index contributed by atoms with van der Waals surface area (Å²) in [6.45, 7) is 5.82. The average molecular weight is 205 g/mol. The Hall–Kier alpha value is -1.64. The summed E-state index contributed by atoms with van der Waals surface area (Å²) >= 11 is 0. The van der Waals surface area contributed by atoms with Crippen molar-refractivity contribution in [1.82, 2.24) is 0 Å². The van der Waals surface area contributed by atoms with Crippen LogP contribution in [0.5, 0.6) is 0 Å². The number of anilines is 1. The summed E-state index contributed by atoms with van der Waals surface area (Å²) < 4.78 is 1.94. The number of rotatable bonds is 4. The topological polar surface area (TPSA) is 24.2 Å². The number of nitrogens with zero attached hydrogens (tertiary/aromatic N) is 2. The molecular formula is C12H17N2O+. The fraction of sp³-hybridized carbons (Fsp3) is 0.333. The molecule has 0 N–H and O–H groups in total. The van der Waals surface area contributed by atoms with E-state index in [0.717, 1.165) is 5.69 Å². The molecule has 0 unspecified atom stereocenters. The van der Waals surface area contributed by atoms with Gasteiger partial charge in [-0.25, -0.2) is 4.57 Å². The SMILES string of the molecule is C=C(C[n+]1ccc(N(C)C)cc1)C(C)=O. The lowest BCUT2D eigenvalue weighted by Gasteiger charge is -2.10. The molecule has 0 aliphatic carbocycles. The van der Waals surface area contributed by atoms with E-state index in [1.165, 1.54) is 6.92 Å². The van der Waals surface area contributed by atoms with Gasteiger partial charge in [0.05, 0.1) is 5.57 Å². The van der Waals surface area contributed by atoms with E-state index in [1.807, 2.05) is 48.1 Å². The van der Waals surface area contributed by atoms with Crippen LogP contribution in [0.2, 0.25) is 0 Å². The summed E-state index contributed by atoms with van der Waals surface area (Å²) in [5.74, 6) is 0.0409. The highest BCUT2D eigenvalue weighted by Gasteiger charge is 2.07. The second-order valence-corrected chi connectivity index (χ2v) is 3.78. The summed E-state index contributed by atoms with van der Waals surface area (Å²) in [4.78, 5) is 13.0. The second-order valence-electron chi connectivity index (χ2n) is 3.78. The van der Waals surface area contributed by atoms with Crippen molar-refractivity contribution in [2.24, 2.45) is 0 Å². The van der Waals surface area contributed by atoms with Gasteiger partial charge in [0, 0.05) is 31.9 Å². The molecule has 1 aromatic heterocycles. The third-order valence-corrected chi connectivity index (χ3v) is 2.26. The number of ketones is 1. The Morgan fingerprint density at radius 3 is 2.33 bits per heavy atom. The Kier molecular flexibility index (Phi) is 3.61. The van der Waals surface area contributed by atoms with Gasteiger partial charge in [0.25, 0.3) is 0 Å². The largest absolute Gasteiger partial charge is 0.377 e. The lowest BCUT2D eigenvalue weighted by atomic mass is 10.2. The van der Waals surface area contributed by atoms with Gasteiger partial charge in [0.1, 0.15) is 0 Å². The first-order valence-corrected chi connectivity index (χ1v) is 4.86. The van der Waals surface area contributed by atoms with Crippen LogP contribution < -0.4 is 9.47 Å². The Labute approximate surface area is 90.6 Å². The summed E-state index contributed by atoms with van der Waals surface area (Å²) in [5.41, 5.74) is 1.76. The summed E-state index contributed by atoms with van der Waals surface area (Å²) in [6, 6.07) is 4.01. The molecule has 15 heavy (non-hydrogen) atoms. The highest BCUT2D eigenvalue weighted by molar-refractivity contribution is 5.92. The molecule has 0 aliphatic rings. The van der Waals surface area contributed by atoms with Gasteiger partial charge in [0.2, 0.25) is 0 Å². The Bertz CT molecular complexity index is 366. The lowest BCUT2D eigenvalue weighted by molar-refractivity contribution is -0.688. The van der Waals surface area contributed by atoms with Crippen LogP contribution in [0.3, 0.4) is 0 Å². The van der Waals surface area contributed by atoms with Gasteiger partial charge in [-0.2, -0.15) is 0 Å². The van der Waals surface area contributed by atoms with E-state index in [0.29, 0.717) is 12.1 Å². The zero-order valence-corrected chi connectivity index (χ0v) is 9.53.